The first-order valence-electron chi connectivity index (χ1n) is 15.6. The third kappa shape index (κ3) is 8.65. The number of likely N-dealkylation sites (tertiary alicyclic amines) is 3. The summed E-state index contributed by atoms with van der Waals surface area (Å²) in [6.45, 7) is 10.7. The van der Waals surface area contributed by atoms with Gasteiger partial charge in [0.15, 0.2) is 0 Å². The maximum atomic E-state index is 12.6. The molecule has 1 saturated carbocycles. The number of carbonyl (C=O) groups excluding carboxylic acids is 3. The van der Waals surface area contributed by atoms with Crippen molar-refractivity contribution in [3.8, 4) is 0 Å². The van der Waals surface area contributed by atoms with Gasteiger partial charge in [-0.3, -0.25) is 0 Å². The van der Waals surface area contributed by atoms with Gasteiger partial charge in [-0.15, -0.1) is 0 Å². The summed E-state index contributed by atoms with van der Waals surface area (Å²) in [4.78, 5) is 42.8. The molecule has 9 nitrogen and oxygen atoms in total. The lowest BCUT2D eigenvalue weighted by Gasteiger charge is -2.41. The zero-order valence-corrected chi connectivity index (χ0v) is 24.5. The molecule has 0 aromatic heterocycles. The lowest BCUT2D eigenvalue weighted by Crippen LogP contribution is -2.44. The van der Waals surface area contributed by atoms with E-state index >= 15 is 0 Å². The SMILES string of the molecule is CCOC(=O)N1CCC(CC(CC2CCN(C(=O)OC(C)C)CC2)C2CCN(C(=O)OC3CCC3)CC2)CC1. The largest absolute Gasteiger partial charge is 0.450 e. The summed E-state index contributed by atoms with van der Waals surface area (Å²) in [6.07, 6.45) is 11.3. The van der Waals surface area contributed by atoms with Gasteiger partial charge in [-0.05, 0) is 115 Å². The number of piperidine rings is 3. The smallest absolute Gasteiger partial charge is 0.410 e. The number of carbonyl (C=O) groups is 3. The molecule has 4 fully saturated rings. The minimum absolute atomic E-state index is 0.0910. The summed E-state index contributed by atoms with van der Waals surface area (Å²) in [7, 11) is 0. The Kier molecular flexibility index (Phi) is 11.0. The van der Waals surface area contributed by atoms with Crippen molar-refractivity contribution in [2.24, 2.45) is 23.7 Å². The van der Waals surface area contributed by atoms with Crippen LogP contribution in [0.2, 0.25) is 0 Å². The van der Waals surface area contributed by atoms with Crippen LogP contribution in [-0.2, 0) is 14.2 Å². The number of ether oxygens (including phenoxy) is 3. The highest BCUT2D eigenvalue weighted by atomic mass is 16.6. The highest BCUT2D eigenvalue weighted by molar-refractivity contribution is 5.68. The van der Waals surface area contributed by atoms with Gasteiger partial charge in [0.25, 0.3) is 0 Å². The minimum Gasteiger partial charge on any atom is -0.450 e. The van der Waals surface area contributed by atoms with E-state index in [0.717, 1.165) is 97.1 Å². The third-order valence-corrected chi connectivity index (χ3v) is 9.41. The van der Waals surface area contributed by atoms with Gasteiger partial charge < -0.3 is 28.9 Å². The Bertz CT molecular complexity index is 795. The molecule has 1 atom stereocenters. The minimum atomic E-state index is -0.186. The predicted molar refractivity (Wildman–Crippen MR) is 148 cm³/mol. The molecule has 3 amide bonds. The van der Waals surface area contributed by atoms with E-state index in [1.807, 2.05) is 35.5 Å². The molecule has 222 valence electrons. The zero-order chi connectivity index (χ0) is 27.8. The van der Waals surface area contributed by atoms with Crippen molar-refractivity contribution in [1.29, 1.82) is 0 Å². The molecular formula is C30H51N3O6. The van der Waals surface area contributed by atoms with Crippen LogP contribution in [0.3, 0.4) is 0 Å². The van der Waals surface area contributed by atoms with E-state index in [9.17, 15) is 14.4 Å². The molecule has 0 aromatic carbocycles. The van der Waals surface area contributed by atoms with Gasteiger partial charge in [0.05, 0.1) is 12.7 Å². The Morgan fingerprint density at radius 3 is 1.64 bits per heavy atom. The highest BCUT2D eigenvalue weighted by Gasteiger charge is 2.35. The number of nitrogens with zero attached hydrogens (tertiary/aromatic N) is 3. The summed E-state index contributed by atoms with van der Waals surface area (Å²) in [5.41, 5.74) is 0. The first-order chi connectivity index (χ1) is 18.8. The van der Waals surface area contributed by atoms with Crippen LogP contribution in [0.15, 0.2) is 0 Å². The molecule has 0 spiro atoms. The monoisotopic (exact) mass is 549 g/mol. The molecule has 39 heavy (non-hydrogen) atoms. The molecular weight excluding hydrogens is 498 g/mol. The van der Waals surface area contributed by atoms with Crippen molar-refractivity contribution in [3.63, 3.8) is 0 Å². The van der Waals surface area contributed by atoms with E-state index in [1.54, 1.807) is 0 Å². The van der Waals surface area contributed by atoms with Crippen molar-refractivity contribution in [2.75, 3.05) is 45.9 Å². The topological polar surface area (TPSA) is 88.6 Å². The fourth-order valence-corrected chi connectivity index (χ4v) is 6.79. The molecule has 1 aliphatic carbocycles. The fourth-order valence-electron chi connectivity index (χ4n) is 6.79. The van der Waals surface area contributed by atoms with Gasteiger partial charge in [-0.25, -0.2) is 14.4 Å². The van der Waals surface area contributed by atoms with Crippen LogP contribution in [0.25, 0.3) is 0 Å². The second-order valence-electron chi connectivity index (χ2n) is 12.5. The van der Waals surface area contributed by atoms with Gasteiger partial charge in [0.2, 0.25) is 0 Å². The van der Waals surface area contributed by atoms with Crippen LogP contribution in [-0.4, -0.2) is 91.1 Å². The van der Waals surface area contributed by atoms with Gasteiger partial charge in [-0.1, -0.05) is 0 Å². The standard InChI is InChI=1S/C30H51N3O6/c1-4-37-28(34)31-14-8-23(9-15-31)20-26(21-24-10-16-32(17-11-24)29(35)38-22(2)3)25-12-18-33(19-13-25)30(36)39-27-6-5-7-27/h22-27H,4-21H2,1-3H3. The van der Waals surface area contributed by atoms with E-state index in [1.165, 1.54) is 12.8 Å². The van der Waals surface area contributed by atoms with E-state index in [2.05, 4.69) is 0 Å². The second-order valence-corrected chi connectivity index (χ2v) is 12.5. The van der Waals surface area contributed by atoms with Crippen LogP contribution in [0.1, 0.15) is 91.4 Å². The summed E-state index contributed by atoms with van der Waals surface area (Å²) in [5, 5.41) is 0. The van der Waals surface area contributed by atoms with Crippen molar-refractivity contribution in [1.82, 2.24) is 14.7 Å². The van der Waals surface area contributed by atoms with Gasteiger partial charge in [0, 0.05) is 39.3 Å². The van der Waals surface area contributed by atoms with Crippen molar-refractivity contribution < 1.29 is 28.6 Å². The first kappa shape index (κ1) is 29.8. The van der Waals surface area contributed by atoms with Crippen LogP contribution in [0.4, 0.5) is 14.4 Å². The average Bonchev–Trinajstić information content (AvgIpc) is 2.91. The summed E-state index contributed by atoms with van der Waals surface area (Å²) in [6, 6.07) is 0. The first-order valence-corrected chi connectivity index (χ1v) is 15.6. The lowest BCUT2D eigenvalue weighted by molar-refractivity contribution is 0.0151. The van der Waals surface area contributed by atoms with Crippen molar-refractivity contribution in [3.05, 3.63) is 0 Å². The lowest BCUT2D eigenvalue weighted by atomic mass is 9.72. The maximum Gasteiger partial charge on any atom is 0.410 e. The normalized spacial score (nSPS) is 22.9. The molecule has 4 rings (SSSR count). The van der Waals surface area contributed by atoms with Gasteiger partial charge in [-0.2, -0.15) is 0 Å². The third-order valence-electron chi connectivity index (χ3n) is 9.41. The number of hydrogen-bond donors (Lipinski definition) is 0. The zero-order valence-electron chi connectivity index (χ0n) is 24.5. The fraction of sp³-hybridized carbons (Fsp3) is 0.900. The Hall–Kier alpha value is -2.19. The molecule has 0 aromatic rings. The molecule has 0 radical (unpaired) electrons. The molecule has 0 N–H and O–H groups in total. The summed E-state index contributed by atoms with van der Waals surface area (Å²) in [5.74, 6) is 2.43. The highest BCUT2D eigenvalue weighted by Crippen LogP contribution is 2.39. The van der Waals surface area contributed by atoms with Gasteiger partial charge >= 0.3 is 18.3 Å². The van der Waals surface area contributed by atoms with Crippen molar-refractivity contribution in [2.45, 2.75) is 104 Å². The van der Waals surface area contributed by atoms with E-state index < -0.39 is 0 Å². The average molecular weight is 550 g/mol. The number of amides is 3. The quantitative estimate of drug-likeness (QED) is 0.350. The molecule has 4 aliphatic rings. The molecule has 3 aliphatic heterocycles. The van der Waals surface area contributed by atoms with Crippen LogP contribution < -0.4 is 0 Å². The Morgan fingerprint density at radius 1 is 0.692 bits per heavy atom. The Balaban J connectivity index is 1.30. The summed E-state index contributed by atoms with van der Waals surface area (Å²) < 4.78 is 16.3. The summed E-state index contributed by atoms with van der Waals surface area (Å²) >= 11 is 0. The van der Waals surface area contributed by atoms with Crippen LogP contribution in [0.5, 0.6) is 0 Å². The Morgan fingerprint density at radius 2 is 1.18 bits per heavy atom. The Labute approximate surface area is 234 Å². The van der Waals surface area contributed by atoms with Crippen LogP contribution >= 0.6 is 0 Å². The predicted octanol–water partition coefficient (Wildman–Crippen LogP) is 5.91. The van der Waals surface area contributed by atoms with E-state index in [4.69, 9.17) is 14.2 Å². The molecule has 9 heteroatoms. The number of rotatable bonds is 8. The number of hydrogen-bond acceptors (Lipinski definition) is 6. The molecule has 0 bridgehead atoms. The van der Waals surface area contributed by atoms with Crippen LogP contribution in [0, 0.1) is 23.7 Å². The second kappa shape index (κ2) is 14.4. The van der Waals surface area contributed by atoms with E-state index in [0.29, 0.717) is 30.3 Å². The maximum absolute atomic E-state index is 12.6. The van der Waals surface area contributed by atoms with Crippen molar-refractivity contribution >= 4 is 18.3 Å². The molecule has 3 saturated heterocycles. The van der Waals surface area contributed by atoms with E-state index in [-0.39, 0.29) is 30.5 Å². The molecule has 3 heterocycles. The molecule has 1 unspecified atom stereocenters. The van der Waals surface area contributed by atoms with Gasteiger partial charge in [0.1, 0.15) is 6.10 Å².